The number of aromatic nitrogens is 2. The first kappa shape index (κ1) is 15.1. The zero-order chi connectivity index (χ0) is 15.7. The van der Waals surface area contributed by atoms with E-state index in [2.05, 4.69) is 10.2 Å². The van der Waals surface area contributed by atoms with Crippen molar-refractivity contribution in [2.24, 2.45) is 0 Å². The van der Waals surface area contributed by atoms with Gasteiger partial charge in [-0.25, -0.2) is 17.1 Å². The molecule has 22 heavy (non-hydrogen) atoms. The molecule has 118 valence electrons. The van der Waals surface area contributed by atoms with E-state index < -0.39 is 10.0 Å². The summed E-state index contributed by atoms with van der Waals surface area (Å²) in [5, 5.41) is 7.99. The summed E-state index contributed by atoms with van der Waals surface area (Å²) in [5.41, 5.74) is 0.635. The molecule has 1 saturated heterocycles. The van der Waals surface area contributed by atoms with Crippen LogP contribution in [0.4, 0.5) is 4.39 Å². The fraction of sp³-hybridized carbons (Fsp3) is 0.429. The van der Waals surface area contributed by atoms with Crippen LogP contribution in [0, 0.1) is 5.82 Å². The molecule has 0 radical (unpaired) electrons. The van der Waals surface area contributed by atoms with Crippen LogP contribution in [-0.4, -0.2) is 42.3 Å². The first-order chi connectivity index (χ1) is 10.4. The second-order valence-corrected chi connectivity index (χ2v) is 7.39. The van der Waals surface area contributed by atoms with Crippen LogP contribution in [0.15, 0.2) is 28.7 Å². The van der Waals surface area contributed by atoms with Gasteiger partial charge < -0.3 is 4.42 Å². The zero-order valence-corrected chi connectivity index (χ0v) is 12.9. The molecule has 0 bridgehead atoms. The molecule has 3 rings (SSSR count). The van der Waals surface area contributed by atoms with Crippen molar-refractivity contribution in [3.8, 4) is 11.5 Å². The molecule has 8 heteroatoms. The van der Waals surface area contributed by atoms with E-state index in [4.69, 9.17) is 4.42 Å². The van der Waals surface area contributed by atoms with E-state index in [1.807, 2.05) is 0 Å². The van der Waals surface area contributed by atoms with Crippen LogP contribution in [0.1, 0.15) is 24.7 Å². The summed E-state index contributed by atoms with van der Waals surface area (Å²) >= 11 is 0. The van der Waals surface area contributed by atoms with Crippen molar-refractivity contribution in [1.82, 2.24) is 14.5 Å². The van der Waals surface area contributed by atoms with Gasteiger partial charge in [0.15, 0.2) is 0 Å². The Labute approximate surface area is 128 Å². The van der Waals surface area contributed by atoms with E-state index in [1.54, 1.807) is 12.1 Å². The fourth-order valence-corrected chi connectivity index (χ4v) is 3.47. The summed E-state index contributed by atoms with van der Waals surface area (Å²) in [6.45, 7) is 0.873. The van der Waals surface area contributed by atoms with Crippen molar-refractivity contribution in [3.63, 3.8) is 0 Å². The van der Waals surface area contributed by atoms with Crippen LogP contribution in [-0.2, 0) is 10.0 Å². The number of hydrogen-bond acceptors (Lipinski definition) is 5. The Morgan fingerprint density at radius 2 is 2.00 bits per heavy atom. The van der Waals surface area contributed by atoms with Gasteiger partial charge in [0.1, 0.15) is 5.82 Å². The zero-order valence-electron chi connectivity index (χ0n) is 12.1. The third-order valence-corrected chi connectivity index (χ3v) is 5.00. The van der Waals surface area contributed by atoms with Gasteiger partial charge in [-0.3, -0.25) is 0 Å². The average Bonchev–Trinajstić information content (AvgIpc) is 2.97. The minimum atomic E-state index is -3.22. The van der Waals surface area contributed by atoms with Crippen molar-refractivity contribution in [3.05, 3.63) is 36.0 Å². The lowest BCUT2D eigenvalue weighted by Gasteiger charge is -2.28. The Hall–Kier alpha value is -1.80. The largest absolute Gasteiger partial charge is 0.420 e. The highest BCUT2D eigenvalue weighted by atomic mass is 32.2. The molecular weight excluding hydrogens is 309 g/mol. The van der Waals surface area contributed by atoms with Crippen molar-refractivity contribution in [1.29, 1.82) is 0 Å². The summed E-state index contributed by atoms with van der Waals surface area (Å²) in [6, 6.07) is 5.78. The topological polar surface area (TPSA) is 76.3 Å². The Morgan fingerprint density at radius 3 is 2.68 bits per heavy atom. The number of hydrogen-bond donors (Lipinski definition) is 0. The Bertz CT molecular complexity index is 758. The molecule has 1 fully saturated rings. The molecule has 1 aromatic carbocycles. The lowest BCUT2D eigenvalue weighted by molar-refractivity contribution is 0.287. The highest BCUT2D eigenvalue weighted by Gasteiger charge is 2.30. The lowest BCUT2D eigenvalue weighted by atomic mass is 10.00. The maximum absolute atomic E-state index is 12.9. The highest BCUT2D eigenvalue weighted by molar-refractivity contribution is 7.88. The monoisotopic (exact) mass is 325 g/mol. The van der Waals surface area contributed by atoms with Crippen molar-refractivity contribution in [2.75, 3.05) is 19.3 Å². The van der Waals surface area contributed by atoms with Crippen LogP contribution in [0.5, 0.6) is 0 Å². The smallest absolute Gasteiger partial charge is 0.247 e. The van der Waals surface area contributed by atoms with E-state index in [0.29, 0.717) is 30.4 Å². The molecule has 1 aliphatic rings. The van der Waals surface area contributed by atoms with Gasteiger partial charge in [0.05, 0.1) is 12.2 Å². The Kier molecular flexibility index (Phi) is 3.96. The van der Waals surface area contributed by atoms with Crippen molar-refractivity contribution < 1.29 is 17.2 Å². The minimum Gasteiger partial charge on any atom is -0.420 e. The van der Waals surface area contributed by atoms with Crippen LogP contribution >= 0.6 is 0 Å². The first-order valence-electron chi connectivity index (χ1n) is 6.98. The summed E-state index contributed by atoms with van der Waals surface area (Å²) in [6.07, 6.45) is 2.76. The van der Waals surface area contributed by atoms with E-state index in [9.17, 15) is 12.8 Å². The van der Waals surface area contributed by atoms with E-state index in [-0.39, 0.29) is 11.7 Å². The molecule has 0 saturated carbocycles. The maximum Gasteiger partial charge on any atom is 0.247 e. The summed E-state index contributed by atoms with van der Waals surface area (Å²) < 4.78 is 43.3. The van der Waals surface area contributed by atoms with Crippen molar-refractivity contribution in [2.45, 2.75) is 18.8 Å². The first-order valence-corrected chi connectivity index (χ1v) is 8.83. The molecular formula is C14H16FN3O3S. The predicted molar refractivity (Wildman–Crippen MR) is 78.1 cm³/mol. The van der Waals surface area contributed by atoms with E-state index >= 15 is 0 Å². The van der Waals surface area contributed by atoms with Crippen LogP contribution in [0.3, 0.4) is 0 Å². The minimum absolute atomic E-state index is 0.106. The third kappa shape index (κ3) is 3.17. The van der Waals surface area contributed by atoms with Gasteiger partial charge >= 0.3 is 0 Å². The molecule has 0 amide bonds. The molecule has 0 aliphatic carbocycles. The predicted octanol–water partition coefficient (Wildman–Crippen LogP) is 2.01. The number of halogens is 1. The number of benzene rings is 1. The van der Waals surface area contributed by atoms with Crippen LogP contribution in [0.2, 0.25) is 0 Å². The molecule has 1 atom stereocenters. The van der Waals surface area contributed by atoms with Gasteiger partial charge in [0.25, 0.3) is 0 Å². The average molecular weight is 325 g/mol. The summed E-state index contributed by atoms with van der Waals surface area (Å²) in [4.78, 5) is 0. The quantitative estimate of drug-likeness (QED) is 0.863. The van der Waals surface area contributed by atoms with Gasteiger partial charge in [-0.2, -0.15) is 0 Å². The van der Waals surface area contributed by atoms with Gasteiger partial charge in [0, 0.05) is 18.7 Å². The Balaban J connectivity index is 1.80. The number of nitrogens with zero attached hydrogens (tertiary/aromatic N) is 3. The molecule has 0 spiro atoms. The summed E-state index contributed by atoms with van der Waals surface area (Å²) in [5.74, 6) is 0.295. The van der Waals surface area contributed by atoms with Crippen LogP contribution < -0.4 is 0 Å². The molecule has 0 unspecified atom stereocenters. The highest BCUT2D eigenvalue weighted by Crippen LogP contribution is 2.29. The maximum atomic E-state index is 12.9. The summed E-state index contributed by atoms with van der Waals surface area (Å²) in [7, 11) is -3.22. The van der Waals surface area contributed by atoms with E-state index in [1.165, 1.54) is 22.7 Å². The molecule has 6 nitrogen and oxygen atoms in total. The molecule has 2 heterocycles. The lowest BCUT2D eigenvalue weighted by Crippen LogP contribution is -2.38. The SMILES string of the molecule is CS(=O)(=O)N1CCC[C@H](c2nnc(-c3ccc(F)cc3)o2)C1. The number of piperidine rings is 1. The normalized spacial score (nSPS) is 20.2. The molecule has 1 aromatic heterocycles. The third-order valence-electron chi connectivity index (χ3n) is 3.73. The number of rotatable bonds is 3. The standard InChI is InChI=1S/C14H16FN3O3S/c1-22(19,20)18-8-2-3-11(9-18)14-17-16-13(21-14)10-4-6-12(15)7-5-10/h4-7,11H,2-3,8-9H2,1H3/t11-/m0/s1. The second kappa shape index (κ2) is 5.77. The molecule has 1 aliphatic heterocycles. The second-order valence-electron chi connectivity index (χ2n) is 5.41. The Morgan fingerprint density at radius 1 is 1.27 bits per heavy atom. The van der Waals surface area contributed by atoms with Gasteiger partial charge in [-0.1, -0.05) is 0 Å². The van der Waals surface area contributed by atoms with Gasteiger partial charge in [-0.05, 0) is 37.1 Å². The molecule has 2 aromatic rings. The van der Waals surface area contributed by atoms with Gasteiger partial charge in [0.2, 0.25) is 21.8 Å². The van der Waals surface area contributed by atoms with Gasteiger partial charge in [-0.15, -0.1) is 10.2 Å². The van der Waals surface area contributed by atoms with Crippen molar-refractivity contribution >= 4 is 10.0 Å². The fourth-order valence-electron chi connectivity index (χ4n) is 2.55. The van der Waals surface area contributed by atoms with Crippen LogP contribution in [0.25, 0.3) is 11.5 Å². The number of sulfonamides is 1. The molecule has 0 N–H and O–H groups in total. The van der Waals surface area contributed by atoms with E-state index in [0.717, 1.165) is 12.8 Å².